The maximum Gasteiger partial charge on any atom is 0.347 e. The van der Waals surface area contributed by atoms with Crippen molar-refractivity contribution in [2.45, 2.75) is 5.60 Å². The van der Waals surface area contributed by atoms with Gasteiger partial charge in [-0.05, 0) is 0 Å². The summed E-state index contributed by atoms with van der Waals surface area (Å²) in [7, 11) is 1.19. The van der Waals surface area contributed by atoms with Crippen molar-refractivity contribution in [1.29, 1.82) is 0 Å². The van der Waals surface area contributed by atoms with Gasteiger partial charge in [0, 0.05) is 7.11 Å². The van der Waals surface area contributed by atoms with E-state index in [9.17, 15) is 19.2 Å². The third kappa shape index (κ3) is 0.693. The number of carbonyl (C=O) groups is 4. The van der Waals surface area contributed by atoms with E-state index < -0.39 is 47.2 Å². The summed E-state index contributed by atoms with van der Waals surface area (Å²) in [6, 6.07) is 0. The summed E-state index contributed by atoms with van der Waals surface area (Å²) < 4.78 is 13.8. The average molecular weight is 226 g/mol. The molecule has 4 unspecified atom stereocenters. The quantitative estimate of drug-likeness (QED) is 0.392. The van der Waals surface area contributed by atoms with E-state index in [2.05, 4.69) is 9.47 Å². The predicted molar refractivity (Wildman–Crippen MR) is 42.4 cm³/mol. The minimum atomic E-state index is -1.65. The molecule has 3 aliphatic rings. The molecule has 0 aromatic rings. The minimum Gasteiger partial charge on any atom is -0.393 e. The third-order valence-corrected chi connectivity index (χ3v) is 3.47. The molecule has 2 saturated heterocycles. The molecule has 0 bridgehead atoms. The zero-order chi connectivity index (χ0) is 11.7. The molecular formula is C9H6O7. The molecular weight excluding hydrogens is 220 g/mol. The number of methoxy groups -OCH3 is 1. The minimum absolute atomic E-state index is 0.792. The number of ether oxygens (including phenoxy) is 3. The SMILES string of the molecule is COC12C(=O)OC(=O)C1C1C(=O)OC(=O)C12. The summed E-state index contributed by atoms with van der Waals surface area (Å²) in [4.78, 5) is 45.5. The summed E-state index contributed by atoms with van der Waals surface area (Å²) >= 11 is 0. The molecule has 2 aliphatic heterocycles. The number of rotatable bonds is 1. The molecule has 2 heterocycles. The molecule has 16 heavy (non-hydrogen) atoms. The Bertz CT molecular complexity index is 435. The second kappa shape index (κ2) is 2.49. The van der Waals surface area contributed by atoms with Crippen LogP contribution in [0, 0.1) is 17.8 Å². The van der Waals surface area contributed by atoms with Gasteiger partial charge in [-0.2, -0.15) is 0 Å². The van der Waals surface area contributed by atoms with E-state index in [1.807, 2.05) is 0 Å². The van der Waals surface area contributed by atoms with Gasteiger partial charge in [0.15, 0.2) is 5.60 Å². The topological polar surface area (TPSA) is 96.0 Å². The van der Waals surface area contributed by atoms with Crippen molar-refractivity contribution in [3.05, 3.63) is 0 Å². The van der Waals surface area contributed by atoms with Gasteiger partial charge in [-0.1, -0.05) is 0 Å². The van der Waals surface area contributed by atoms with Crippen LogP contribution in [0.5, 0.6) is 0 Å². The fourth-order valence-electron chi connectivity index (χ4n) is 2.77. The zero-order valence-corrected chi connectivity index (χ0v) is 8.09. The van der Waals surface area contributed by atoms with E-state index in [1.54, 1.807) is 0 Å². The molecule has 1 saturated carbocycles. The molecule has 7 heteroatoms. The van der Waals surface area contributed by atoms with Gasteiger partial charge in [0.2, 0.25) is 0 Å². The number of hydrogen-bond donors (Lipinski definition) is 0. The maximum atomic E-state index is 11.5. The van der Waals surface area contributed by atoms with E-state index in [4.69, 9.17) is 4.74 Å². The van der Waals surface area contributed by atoms with E-state index >= 15 is 0 Å². The van der Waals surface area contributed by atoms with Gasteiger partial charge in [0.05, 0.1) is 5.92 Å². The molecule has 84 valence electrons. The van der Waals surface area contributed by atoms with Gasteiger partial charge in [0.1, 0.15) is 11.8 Å². The smallest absolute Gasteiger partial charge is 0.347 e. The molecule has 0 aromatic carbocycles. The van der Waals surface area contributed by atoms with Crippen LogP contribution in [0.25, 0.3) is 0 Å². The lowest BCUT2D eigenvalue weighted by atomic mass is 9.55. The van der Waals surface area contributed by atoms with Crippen LogP contribution in [-0.4, -0.2) is 36.6 Å². The zero-order valence-electron chi connectivity index (χ0n) is 8.09. The molecule has 0 amide bonds. The van der Waals surface area contributed by atoms with Crippen molar-refractivity contribution in [1.82, 2.24) is 0 Å². The number of cyclic esters (lactones) is 4. The summed E-state index contributed by atoms with van der Waals surface area (Å²) in [6.07, 6.45) is 0. The first kappa shape index (κ1) is 9.46. The Hall–Kier alpha value is -1.76. The predicted octanol–water partition coefficient (Wildman–Crippen LogP) is -1.60. The highest BCUT2D eigenvalue weighted by molar-refractivity contribution is 6.14. The highest BCUT2D eigenvalue weighted by Gasteiger charge is 2.83. The number of esters is 4. The van der Waals surface area contributed by atoms with Gasteiger partial charge in [0.25, 0.3) is 0 Å². The lowest BCUT2D eigenvalue weighted by Crippen LogP contribution is -2.66. The van der Waals surface area contributed by atoms with Crippen LogP contribution < -0.4 is 0 Å². The third-order valence-electron chi connectivity index (χ3n) is 3.47. The average Bonchev–Trinajstić information content (AvgIpc) is 2.48. The number of hydrogen-bond acceptors (Lipinski definition) is 7. The Morgan fingerprint density at radius 1 is 1.00 bits per heavy atom. The van der Waals surface area contributed by atoms with Crippen molar-refractivity contribution in [2.75, 3.05) is 7.11 Å². The van der Waals surface area contributed by atoms with Gasteiger partial charge in [-0.15, -0.1) is 0 Å². The van der Waals surface area contributed by atoms with Gasteiger partial charge >= 0.3 is 23.9 Å². The molecule has 7 nitrogen and oxygen atoms in total. The van der Waals surface area contributed by atoms with Crippen LogP contribution in [-0.2, 0) is 33.4 Å². The molecule has 0 radical (unpaired) electrons. The van der Waals surface area contributed by atoms with Crippen LogP contribution in [0.15, 0.2) is 0 Å². The second-order valence-electron chi connectivity index (χ2n) is 3.93. The van der Waals surface area contributed by atoms with Crippen molar-refractivity contribution in [3.63, 3.8) is 0 Å². The summed E-state index contributed by atoms with van der Waals surface area (Å²) in [5, 5.41) is 0. The second-order valence-corrected chi connectivity index (χ2v) is 3.93. The molecule has 1 aliphatic carbocycles. The maximum absolute atomic E-state index is 11.5. The molecule has 0 spiro atoms. The van der Waals surface area contributed by atoms with E-state index in [0.29, 0.717) is 0 Å². The Morgan fingerprint density at radius 2 is 1.56 bits per heavy atom. The van der Waals surface area contributed by atoms with Crippen LogP contribution in [0.2, 0.25) is 0 Å². The molecule has 0 N–H and O–H groups in total. The molecule has 3 fully saturated rings. The molecule has 0 aromatic heterocycles. The van der Waals surface area contributed by atoms with Crippen molar-refractivity contribution in [2.24, 2.45) is 17.8 Å². The largest absolute Gasteiger partial charge is 0.393 e. The van der Waals surface area contributed by atoms with Crippen molar-refractivity contribution in [3.8, 4) is 0 Å². The Labute approximate surface area is 88.6 Å². The lowest BCUT2D eigenvalue weighted by Gasteiger charge is -2.44. The monoisotopic (exact) mass is 226 g/mol. The summed E-state index contributed by atoms with van der Waals surface area (Å²) in [6.45, 7) is 0. The summed E-state index contributed by atoms with van der Waals surface area (Å²) in [5.74, 6) is -6.41. The molecule has 3 rings (SSSR count). The standard InChI is InChI=1S/C9H6O7/c1-14-9-3-2(5(10)15-6(3)11)4(9)7(12)16-8(9)13/h2-4H,1H3. The lowest BCUT2D eigenvalue weighted by molar-refractivity contribution is -0.196. The van der Waals surface area contributed by atoms with Crippen LogP contribution in [0.4, 0.5) is 0 Å². The fourth-order valence-corrected chi connectivity index (χ4v) is 2.77. The van der Waals surface area contributed by atoms with Crippen molar-refractivity contribution < 1.29 is 33.4 Å². The number of carbonyl (C=O) groups excluding carboxylic acids is 4. The van der Waals surface area contributed by atoms with E-state index in [1.165, 1.54) is 7.11 Å². The highest BCUT2D eigenvalue weighted by Crippen LogP contribution is 2.59. The molecule has 4 atom stereocenters. The van der Waals surface area contributed by atoms with Crippen LogP contribution in [0.1, 0.15) is 0 Å². The number of fused-ring (bicyclic) bond motifs is 4. The van der Waals surface area contributed by atoms with Crippen molar-refractivity contribution >= 4 is 23.9 Å². The normalized spacial score (nSPS) is 44.7. The Morgan fingerprint density at radius 3 is 2.12 bits per heavy atom. The summed E-state index contributed by atoms with van der Waals surface area (Å²) in [5.41, 5.74) is -1.65. The highest BCUT2D eigenvalue weighted by atomic mass is 16.6. The Balaban J connectivity index is 2.13. The van der Waals surface area contributed by atoms with Crippen LogP contribution >= 0.6 is 0 Å². The van der Waals surface area contributed by atoms with E-state index in [0.717, 1.165) is 0 Å². The first-order valence-corrected chi connectivity index (χ1v) is 4.61. The van der Waals surface area contributed by atoms with Gasteiger partial charge < -0.3 is 14.2 Å². The van der Waals surface area contributed by atoms with Gasteiger partial charge in [-0.3, -0.25) is 14.4 Å². The van der Waals surface area contributed by atoms with Gasteiger partial charge in [-0.25, -0.2) is 4.79 Å². The van der Waals surface area contributed by atoms with Crippen LogP contribution in [0.3, 0.4) is 0 Å². The first-order chi connectivity index (χ1) is 7.54. The van der Waals surface area contributed by atoms with E-state index in [-0.39, 0.29) is 0 Å². The Kier molecular flexibility index (Phi) is 1.47. The fraction of sp³-hybridized carbons (Fsp3) is 0.556. The first-order valence-electron chi connectivity index (χ1n) is 4.61.